The normalized spacial score (nSPS) is 13.3. The maximum atomic E-state index is 9.11. The number of rotatable bonds is 12. The Labute approximate surface area is 140 Å². The molecule has 0 heterocycles. The highest BCUT2D eigenvalue weighted by Gasteiger charge is 2.19. The Hall–Kier alpha value is -0.763. The summed E-state index contributed by atoms with van der Waals surface area (Å²) in [6.07, 6.45) is 0.239. The first kappa shape index (κ1) is 20.3. The van der Waals surface area contributed by atoms with E-state index < -0.39 is 14.4 Å². The zero-order valence-electron chi connectivity index (χ0n) is 14.5. The molecule has 0 fully saturated rings. The van der Waals surface area contributed by atoms with Gasteiger partial charge in [0.2, 0.25) is 0 Å². The van der Waals surface area contributed by atoms with Gasteiger partial charge in [0.15, 0.2) is 8.32 Å². The number of aliphatic hydroxyl groups is 2. The van der Waals surface area contributed by atoms with Crippen LogP contribution in [0.1, 0.15) is 11.1 Å². The number of aryl methyl sites for hydroxylation is 1. The quantitative estimate of drug-likeness (QED) is 0.449. The maximum Gasteiger partial charge on any atom is 0.186 e. The topological polar surface area (TPSA) is 68.2 Å². The number of hydrogen-bond donors (Lipinski definition) is 2. The Balaban J connectivity index is 2.19. The minimum absolute atomic E-state index is 0.135. The van der Waals surface area contributed by atoms with Gasteiger partial charge in [0, 0.05) is 7.11 Å². The van der Waals surface area contributed by atoms with Gasteiger partial charge in [-0.2, -0.15) is 0 Å². The number of benzene rings is 1. The average Bonchev–Trinajstić information content (AvgIpc) is 2.57. The van der Waals surface area contributed by atoms with Gasteiger partial charge in [0.05, 0.1) is 33.0 Å². The summed E-state index contributed by atoms with van der Waals surface area (Å²) >= 11 is 0. The predicted octanol–water partition coefficient (Wildman–Crippen LogP) is 1.97. The summed E-state index contributed by atoms with van der Waals surface area (Å²) in [5.41, 5.74) is 2.46. The Morgan fingerprint density at radius 2 is 1.65 bits per heavy atom. The Morgan fingerprint density at radius 1 is 1.04 bits per heavy atom. The molecule has 132 valence electrons. The summed E-state index contributed by atoms with van der Waals surface area (Å²) in [4.78, 5) is 0. The van der Waals surface area contributed by atoms with Crippen LogP contribution in [0.2, 0.25) is 19.1 Å². The summed E-state index contributed by atoms with van der Waals surface area (Å²) < 4.78 is 16.3. The predicted molar refractivity (Wildman–Crippen MR) is 93.0 cm³/mol. The lowest BCUT2D eigenvalue weighted by atomic mass is 10.1. The van der Waals surface area contributed by atoms with E-state index in [1.807, 2.05) is 0 Å². The maximum absolute atomic E-state index is 9.11. The molecule has 0 saturated carbocycles. The molecule has 1 atom stereocenters. The van der Waals surface area contributed by atoms with Crippen molar-refractivity contribution in [2.24, 2.45) is 0 Å². The van der Waals surface area contributed by atoms with Crippen molar-refractivity contribution >= 4 is 8.32 Å². The van der Waals surface area contributed by atoms with Crippen LogP contribution in [0.25, 0.3) is 0 Å². The molecular weight excluding hydrogens is 312 g/mol. The van der Waals surface area contributed by atoms with Crippen molar-refractivity contribution in [2.75, 3.05) is 33.5 Å². The Bertz CT molecular complexity index is 421. The first-order valence-electron chi connectivity index (χ1n) is 8.04. The van der Waals surface area contributed by atoms with E-state index in [9.17, 15) is 0 Å². The van der Waals surface area contributed by atoms with E-state index in [-0.39, 0.29) is 13.2 Å². The van der Waals surface area contributed by atoms with Crippen LogP contribution >= 0.6 is 0 Å². The minimum atomic E-state index is -1.49. The third kappa shape index (κ3) is 9.19. The van der Waals surface area contributed by atoms with Gasteiger partial charge in [-0.1, -0.05) is 24.3 Å². The number of aliphatic hydroxyl groups excluding tert-OH is 2. The van der Waals surface area contributed by atoms with E-state index in [2.05, 4.69) is 37.4 Å². The molecule has 6 heteroatoms. The standard InChI is InChI=1S/C17H30O5Si/c1-20-23(2,3)11-8-15-4-6-16(7-5-15)13-21-9-10-22-14-17(19)12-18/h4-7,17-19H,8-14H2,1-3H3. The Kier molecular flexibility index (Phi) is 9.62. The van der Waals surface area contributed by atoms with Gasteiger partial charge in [0.25, 0.3) is 0 Å². The summed E-state index contributed by atoms with van der Waals surface area (Å²) in [6, 6.07) is 9.59. The first-order chi connectivity index (χ1) is 11.0. The molecule has 1 unspecified atom stereocenters. The molecule has 23 heavy (non-hydrogen) atoms. The van der Waals surface area contributed by atoms with Crippen molar-refractivity contribution in [1.29, 1.82) is 0 Å². The zero-order valence-corrected chi connectivity index (χ0v) is 15.5. The number of hydrogen-bond acceptors (Lipinski definition) is 5. The van der Waals surface area contributed by atoms with Crippen LogP contribution in [-0.4, -0.2) is 58.2 Å². The van der Waals surface area contributed by atoms with Crippen molar-refractivity contribution in [1.82, 2.24) is 0 Å². The molecular formula is C17H30O5Si. The van der Waals surface area contributed by atoms with Crippen LogP contribution in [0.5, 0.6) is 0 Å². The van der Waals surface area contributed by atoms with Crippen molar-refractivity contribution < 1.29 is 24.1 Å². The molecule has 0 aliphatic rings. The van der Waals surface area contributed by atoms with Gasteiger partial charge in [-0.05, 0) is 36.7 Å². The molecule has 0 amide bonds. The largest absolute Gasteiger partial charge is 0.420 e. The second-order valence-corrected chi connectivity index (χ2v) is 10.7. The molecule has 0 bridgehead atoms. The van der Waals surface area contributed by atoms with Crippen LogP contribution in [0.4, 0.5) is 0 Å². The van der Waals surface area contributed by atoms with Crippen LogP contribution < -0.4 is 0 Å². The highest BCUT2D eigenvalue weighted by molar-refractivity contribution is 6.71. The monoisotopic (exact) mass is 342 g/mol. The average molecular weight is 343 g/mol. The van der Waals surface area contributed by atoms with E-state index in [0.717, 1.165) is 18.0 Å². The van der Waals surface area contributed by atoms with E-state index in [0.29, 0.717) is 19.8 Å². The lowest BCUT2D eigenvalue weighted by Crippen LogP contribution is -2.28. The Morgan fingerprint density at radius 3 is 2.26 bits per heavy atom. The molecule has 5 nitrogen and oxygen atoms in total. The fourth-order valence-corrected chi connectivity index (χ4v) is 3.02. The zero-order chi connectivity index (χ0) is 17.1. The summed E-state index contributed by atoms with van der Waals surface area (Å²) in [5.74, 6) is 0. The first-order valence-corrected chi connectivity index (χ1v) is 11.2. The van der Waals surface area contributed by atoms with Crippen LogP contribution in [0.3, 0.4) is 0 Å². The van der Waals surface area contributed by atoms with Gasteiger partial charge < -0.3 is 24.1 Å². The van der Waals surface area contributed by atoms with Crippen molar-refractivity contribution in [3.63, 3.8) is 0 Å². The third-order valence-electron chi connectivity index (χ3n) is 3.75. The highest BCUT2D eigenvalue weighted by Crippen LogP contribution is 2.15. The van der Waals surface area contributed by atoms with Crippen LogP contribution in [-0.2, 0) is 26.9 Å². The number of ether oxygens (including phenoxy) is 2. The molecule has 0 aliphatic heterocycles. The molecule has 1 aromatic carbocycles. The second kappa shape index (κ2) is 10.9. The fourth-order valence-electron chi connectivity index (χ4n) is 1.93. The molecule has 0 aliphatic carbocycles. The fraction of sp³-hybridized carbons (Fsp3) is 0.647. The third-order valence-corrected chi connectivity index (χ3v) is 6.31. The summed E-state index contributed by atoms with van der Waals surface area (Å²) in [6.45, 7) is 5.74. The minimum Gasteiger partial charge on any atom is -0.420 e. The van der Waals surface area contributed by atoms with Gasteiger partial charge in [0.1, 0.15) is 6.10 Å². The van der Waals surface area contributed by atoms with Crippen molar-refractivity contribution in [3.8, 4) is 0 Å². The van der Waals surface area contributed by atoms with E-state index in [1.54, 1.807) is 7.11 Å². The highest BCUT2D eigenvalue weighted by atomic mass is 28.4. The molecule has 1 aromatic rings. The van der Waals surface area contributed by atoms with E-state index in [4.69, 9.17) is 24.1 Å². The van der Waals surface area contributed by atoms with Gasteiger partial charge >= 0.3 is 0 Å². The van der Waals surface area contributed by atoms with Gasteiger partial charge in [-0.3, -0.25) is 0 Å². The van der Waals surface area contributed by atoms with E-state index >= 15 is 0 Å². The summed E-state index contributed by atoms with van der Waals surface area (Å²) in [7, 11) is 0.316. The lowest BCUT2D eigenvalue weighted by molar-refractivity contribution is -0.0171. The summed E-state index contributed by atoms with van der Waals surface area (Å²) in [5, 5.41) is 17.7. The molecule has 2 N–H and O–H groups in total. The van der Waals surface area contributed by atoms with Gasteiger partial charge in [-0.25, -0.2) is 0 Å². The van der Waals surface area contributed by atoms with Crippen LogP contribution in [0, 0.1) is 0 Å². The van der Waals surface area contributed by atoms with Gasteiger partial charge in [-0.15, -0.1) is 0 Å². The van der Waals surface area contributed by atoms with Crippen molar-refractivity contribution in [3.05, 3.63) is 35.4 Å². The molecule has 0 aromatic heterocycles. The second-order valence-electron chi connectivity index (χ2n) is 6.24. The van der Waals surface area contributed by atoms with Crippen LogP contribution in [0.15, 0.2) is 24.3 Å². The molecule has 0 saturated heterocycles. The molecule has 0 radical (unpaired) electrons. The molecule has 1 rings (SSSR count). The lowest BCUT2D eigenvalue weighted by Gasteiger charge is -2.19. The SMILES string of the molecule is CO[Si](C)(C)CCc1ccc(COCCOCC(O)CO)cc1. The van der Waals surface area contributed by atoms with E-state index in [1.165, 1.54) is 5.56 Å². The van der Waals surface area contributed by atoms with Crippen molar-refractivity contribution in [2.45, 2.75) is 38.3 Å². The smallest absolute Gasteiger partial charge is 0.186 e. The molecule has 0 spiro atoms.